The van der Waals surface area contributed by atoms with Crippen LogP contribution in [0.5, 0.6) is 0 Å². The summed E-state index contributed by atoms with van der Waals surface area (Å²) in [6.07, 6.45) is 7.95. The quantitative estimate of drug-likeness (QED) is 0.851. The molecule has 1 aromatic heterocycles. The lowest BCUT2D eigenvalue weighted by Gasteiger charge is -2.55. The number of nitrogens with one attached hydrogen (secondary N) is 1. The molecule has 23 heavy (non-hydrogen) atoms. The highest BCUT2D eigenvalue weighted by Crippen LogP contribution is 2.55. The minimum absolute atomic E-state index is 0.167. The van der Waals surface area contributed by atoms with Crippen LogP contribution >= 0.6 is 0 Å². The van der Waals surface area contributed by atoms with E-state index in [4.69, 9.17) is 4.74 Å². The first kappa shape index (κ1) is 16.8. The first-order valence-electron chi connectivity index (χ1n) is 9.06. The van der Waals surface area contributed by atoms with Crippen LogP contribution in [0.4, 0.5) is 4.39 Å². The highest BCUT2D eigenvalue weighted by molar-refractivity contribution is 5.15. The molecule has 0 saturated heterocycles. The minimum Gasteiger partial charge on any atom is -0.378 e. The van der Waals surface area contributed by atoms with Gasteiger partial charge in [0.05, 0.1) is 24.0 Å². The summed E-state index contributed by atoms with van der Waals surface area (Å²) in [5, 5.41) is 3.84. The summed E-state index contributed by atoms with van der Waals surface area (Å²) in [4.78, 5) is 4.31. The molecule has 3 atom stereocenters. The van der Waals surface area contributed by atoms with Crippen molar-refractivity contribution < 1.29 is 9.13 Å². The first-order chi connectivity index (χ1) is 11.1. The Morgan fingerprint density at radius 2 is 2.09 bits per heavy atom. The second-order valence-corrected chi connectivity index (χ2v) is 7.46. The number of hydrogen-bond acceptors (Lipinski definition) is 3. The van der Waals surface area contributed by atoms with E-state index in [9.17, 15) is 4.39 Å². The molecule has 0 radical (unpaired) electrons. The van der Waals surface area contributed by atoms with E-state index in [1.54, 1.807) is 0 Å². The minimum atomic E-state index is -0.274. The largest absolute Gasteiger partial charge is 0.378 e. The Bertz CT molecular complexity index is 511. The zero-order valence-electron chi connectivity index (χ0n) is 14.5. The van der Waals surface area contributed by atoms with Crippen LogP contribution in [-0.4, -0.2) is 23.7 Å². The van der Waals surface area contributed by atoms with Crippen molar-refractivity contribution in [1.82, 2.24) is 10.3 Å². The van der Waals surface area contributed by atoms with Gasteiger partial charge in [0.2, 0.25) is 0 Å². The van der Waals surface area contributed by atoms with E-state index >= 15 is 0 Å². The van der Waals surface area contributed by atoms with E-state index in [1.165, 1.54) is 37.9 Å². The van der Waals surface area contributed by atoms with E-state index in [0.29, 0.717) is 23.5 Å². The van der Waals surface area contributed by atoms with Crippen LogP contribution in [0, 0.1) is 17.2 Å². The molecule has 0 amide bonds. The summed E-state index contributed by atoms with van der Waals surface area (Å²) in [5.41, 5.74) is 1.25. The van der Waals surface area contributed by atoms with E-state index in [1.807, 2.05) is 6.07 Å². The molecule has 2 saturated carbocycles. The summed E-state index contributed by atoms with van der Waals surface area (Å²) >= 11 is 0. The summed E-state index contributed by atoms with van der Waals surface area (Å²) in [5.74, 6) is 0.140. The lowest BCUT2D eigenvalue weighted by atomic mass is 9.60. The number of aromatic nitrogens is 1. The molecular formula is C19H29FN2O. The van der Waals surface area contributed by atoms with Gasteiger partial charge >= 0.3 is 0 Å². The number of nitrogens with zero attached hydrogens (tertiary/aromatic N) is 1. The van der Waals surface area contributed by atoms with Crippen LogP contribution in [0.3, 0.4) is 0 Å². The molecule has 3 rings (SSSR count). The predicted octanol–water partition coefficient (Wildman–Crippen LogP) is 4.25. The van der Waals surface area contributed by atoms with Crippen molar-refractivity contribution in [1.29, 1.82) is 0 Å². The lowest BCUT2D eigenvalue weighted by molar-refractivity contribution is -0.133. The molecular weight excluding hydrogens is 291 g/mol. The maximum absolute atomic E-state index is 13.2. The number of ether oxygens (including phenoxy) is 1. The molecule has 1 N–H and O–H groups in total. The van der Waals surface area contributed by atoms with Gasteiger partial charge in [-0.15, -0.1) is 0 Å². The molecule has 2 aliphatic carbocycles. The van der Waals surface area contributed by atoms with Gasteiger partial charge in [-0.05, 0) is 44.2 Å². The Morgan fingerprint density at radius 3 is 2.65 bits per heavy atom. The second-order valence-electron chi connectivity index (χ2n) is 7.46. The van der Waals surface area contributed by atoms with E-state index < -0.39 is 0 Å². The number of hydrogen-bond donors (Lipinski definition) is 1. The summed E-state index contributed by atoms with van der Waals surface area (Å²) < 4.78 is 19.2. The van der Waals surface area contributed by atoms with Gasteiger partial charge < -0.3 is 10.1 Å². The predicted molar refractivity (Wildman–Crippen MR) is 89.6 cm³/mol. The van der Waals surface area contributed by atoms with Gasteiger partial charge in [0.1, 0.15) is 5.82 Å². The molecule has 1 heterocycles. The molecule has 3 nitrogen and oxygen atoms in total. The van der Waals surface area contributed by atoms with Crippen LogP contribution in [0.1, 0.15) is 64.6 Å². The Hall–Kier alpha value is -1.00. The van der Waals surface area contributed by atoms with Crippen LogP contribution in [0.15, 0.2) is 18.3 Å². The first-order valence-corrected chi connectivity index (χ1v) is 9.06. The van der Waals surface area contributed by atoms with Gasteiger partial charge in [0, 0.05) is 18.1 Å². The molecule has 0 bridgehead atoms. The average molecular weight is 320 g/mol. The summed E-state index contributed by atoms with van der Waals surface area (Å²) in [7, 11) is 0. The van der Waals surface area contributed by atoms with Gasteiger partial charge in [-0.3, -0.25) is 4.98 Å². The topological polar surface area (TPSA) is 34.1 Å². The van der Waals surface area contributed by atoms with E-state index in [-0.39, 0.29) is 11.9 Å². The van der Waals surface area contributed by atoms with Crippen molar-refractivity contribution in [3.8, 4) is 0 Å². The fourth-order valence-corrected chi connectivity index (χ4v) is 4.53. The zero-order valence-corrected chi connectivity index (χ0v) is 14.5. The van der Waals surface area contributed by atoms with Crippen molar-refractivity contribution in [2.24, 2.45) is 11.3 Å². The molecule has 4 heteroatoms. The Morgan fingerprint density at radius 1 is 1.35 bits per heavy atom. The zero-order chi connectivity index (χ0) is 16.4. The molecule has 128 valence electrons. The summed E-state index contributed by atoms with van der Waals surface area (Å²) in [6, 6.07) is 3.98. The van der Waals surface area contributed by atoms with Crippen molar-refractivity contribution in [3.63, 3.8) is 0 Å². The molecule has 2 fully saturated rings. The maximum Gasteiger partial charge on any atom is 0.141 e. The number of halogens is 1. The Labute approximate surface area is 139 Å². The normalized spacial score (nSPS) is 27.3. The van der Waals surface area contributed by atoms with Gasteiger partial charge in [0.25, 0.3) is 0 Å². The Balaban J connectivity index is 1.74. The molecule has 1 aromatic rings. The van der Waals surface area contributed by atoms with Crippen molar-refractivity contribution in [3.05, 3.63) is 29.8 Å². The van der Waals surface area contributed by atoms with Crippen LogP contribution in [0.2, 0.25) is 0 Å². The average Bonchev–Trinajstić information content (AvgIpc) is 3.04. The third-order valence-electron chi connectivity index (χ3n) is 5.80. The summed E-state index contributed by atoms with van der Waals surface area (Å²) in [6.45, 7) is 7.28. The SMILES string of the molecule is CCO[C@@H]1C[C@H](N[C@H](c2ccc(F)cn2)C(C)C)C12CCCC2. The van der Waals surface area contributed by atoms with Crippen LogP contribution in [0.25, 0.3) is 0 Å². The number of pyridine rings is 1. The van der Waals surface area contributed by atoms with Crippen molar-refractivity contribution in [2.45, 2.75) is 71.1 Å². The maximum atomic E-state index is 13.2. The van der Waals surface area contributed by atoms with Crippen LogP contribution in [-0.2, 0) is 4.74 Å². The highest BCUT2D eigenvalue weighted by atomic mass is 19.1. The second kappa shape index (κ2) is 6.86. The third-order valence-corrected chi connectivity index (χ3v) is 5.80. The molecule has 0 unspecified atom stereocenters. The van der Waals surface area contributed by atoms with Crippen LogP contribution < -0.4 is 5.32 Å². The highest BCUT2D eigenvalue weighted by Gasteiger charge is 2.57. The van der Waals surface area contributed by atoms with E-state index in [2.05, 4.69) is 31.1 Å². The van der Waals surface area contributed by atoms with Gasteiger partial charge in [-0.1, -0.05) is 26.7 Å². The standard InChI is InChI=1S/C19H29FN2O/c1-4-23-17-11-16(19(17)9-5-6-10-19)22-18(13(2)3)15-8-7-14(20)12-21-15/h7-8,12-13,16-18,22H,4-6,9-11H2,1-3H3/t16-,17+,18-/m0/s1. The fourth-order valence-electron chi connectivity index (χ4n) is 4.53. The monoisotopic (exact) mass is 320 g/mol. The number of rotatable bonds is 6. The van der Waals surface area contributed by atoms with E-state index in [0.717, 1.165) is 18.7 Å². The molecule has 0 aliphatic heterocycles. The molecule has 1 spiro atoms. The van der Waals surface area contributed by atoms with Crippen molar-refractivity contribution in [2.75, 3.05) is 6.61 Å². The van der Waals surface area contributed by atoms with Gasteiger partial charge in [-0.25, -0.2) is 4.39 Å². The fraction of sp³-hybridized carbons (Fsp3) is 0.737. The van der Waals surface area contributed by atoms with Crippen molar-refractivity contribution >= 4 is 0 Å². The lowest BCUT2D eigenvalue weighted by Crippen LogP contribution is -2.63. The third kappa shape index (κ3) is 3.16. The molecule has 0 aromatic carbocycles. The Kier molecular flexibility index (Phi) is 5.02. The van der Waals surface area contributed by atoms with Gasteiger partial charge in [0.15, 0.2) is 0 Å². The smallest absolute Gasteiger partial charge is 0.141 e. The molecule has 2 aliphatic rings. The van der Waals surface area contributed by atoms with Gasteiger partial charge in [-0.2, -0.15) is 0 Å².